The van der Waals surface area contributed by atoms with Crippen molar-refractivity contribution in [2.75, 3.05) is 36.5 Å². The van der Waals surface area contributed by atoms with Crippen molar-refractivity contribution in [2.24, 2.45) is 0 Å². The summed E-state index contributed by atoms with van der Waals surface area (Å²) in [6.45, 7) is 1.87. The molecule has 0 spiro atoms. The number of halogens is 1. The third-order valence-electron chi connectivity index (χ3n) is 4.73. The van der Waals surface area contributed by atoms with Gasteiger partial charge in [-0.25, -0.2) is 0 Å². The fraction of sp³-hybridized carbons (Fsp3) is 0.235. The van der Waals surface area contributed by atoms with Gasteiger partial charge in [-0.1, -0.05) is 0 Å². The molecule has 3 aromatic rings. The van der Waals surface area contributed by atoms with Crippen LogP contribution in [0.5, 0.6) is 5.75 Å². The average molecular weight is 518 g/mol. The maximum Gasteiger partial charge on any atom is 0.297 e. The van der Waals surface area contributed by atoms with Crippen LogP contribution in [0.2, 0.25) is 5.28 Å². The van der Waals surface area contributed by atoms with Gasteiger partial charge in [-0.2, -0.15) is 31.8 Å². The molecule has 0 saturated carbocycles. The highest BCUT2D eigenvalue weighted by atomic mass is 35.5. The van der Waals surface area contributed by atoms with Gasteiger partial charge in [-0.05, 0) is 29.8 Å². The van der Waals surface area contributed by atoms with Crippen LogP contribution in [0.4, 0.5) is 17.6 Å². The SMILES string of the molecule is O=S(=O)(O)c1cc(O)c2ccc(Nc3nc(Cl)nc(N4CCOCC4)n3)c(S(=O)(=O)O)c2c1. The number of hydrogen-bond acceptors (Lipinski definition) is 11. The highest BCUT2D eigenvalue weighted by Gasteiger charge is 2.25. The molecule has 1 saturated heterocycles. The molecule has 1 aromatic heterocycles. The molecule has 0 atom stereocenters. The van der Waals surface area contributed by atoms with Gasteiger partial charge in [0.05, 0.1) is 23.8 Å². The van der Waals surface area contributed by atoms with Crippen molar-refractivity contribution in [1.82, 2.24) is 15.0 Å². The molecular formula is C17H16ClN5O8S2. The number of nitrogens with one attached hydrogen (secondary N) is 1. The third kappa shape index (κ3) is 4.92. The average Bonchev–Trinajstić information content (AvgIpc) is 2.72. The molecule has 13 nitrogen and oxygen atoms in total. The molecule has 176 valence electrons. The van der Waals surface area contributed by atoms with E-state index in [1.165, 1.54) is 12.1 Å². The van der Waals surface area contributed by atoms with Crippen LogP contribution < -0.4 is 10.2 Å². The summed E-state index contributed by atoms with van der Waals surface area (Å²) in [5.74, 6) is -0.577. The van der Waals surface area contributed by atoms with Crippen LogP contribution in [0.25, 0.3) is 10.8 Å². The van der Waals surface area contributed by atoms with Gasteiger partial charge in [0.15, 0.2) is 0 Å². The van der Waals surface area contributed by atoms with Gasteiger partial charge in [-0.3, -0.25) is 9.11 Å². The van der Waals surface area contributed by atoms with Gasteiger partial charge in [0.1, 0.15) is 10.6 Å². The molecule has 2 heterocycles. The van der Waals surface area contributed by atoms with Crippen molar-refractivity contribution < 1.29 is 35.8 Å². The topological polar surface area (TPSA) is 192 Å². The summed E-state index contributed by atoms with van der Waals surface area (Å²) in [7, 11) is -9.78. The number of benzene rings is 2. The lowest BCUT2D eigenvalue weighted by Crippen LogP contribution is -2.37. The summed E-state index contributed by atoms with van der Waals surface area (Å²) >= 11 is 6.00. The van der Waals surface area contributed by atoms with E-state index >= 15 is 0 Å². The third-order valence-corrected chi connectivity index (χ3v) is 6.69. The molecule has 4 rings (SSSR count). The second kappa shape index (κ2) is 8.51. The van der Waals surface area contributed by atoms with Crippen LogP contribution in [0.1, 0.15) is 0 Å². The Morgan fingerprint density at radius 3 is 2.30 bits per heavy atom. The minimum absolute atomic E-state index is 0.0942. The number of fused-ring (bicyclic) bond motifs is 1. The van der Waals surface area contributed by atoms with Gasteiger partial charge in [0.2, 0.25) is 17.2 Å². The molecule has 33 heavy (non-hydrogen) atoms. The summed E-state index contributed by atoms with van der Waals surface area (Å²) in [4.78, 5) is 12.4. The summed E-state index contributed by atoms with van der Waals surface area (Å²) in [5, 5.41) is 12.1. The summed E-state index contributed by atoms with van der Waals surface area (Å²) < 4.78 is 72.1. The molecule has 0 radical (unpaired) electrons. The zero-order valence-corrected chi connectivity index (χ0v) is 18.9. The lowest BCUT2D eigenvalue weighted by atomic mass is 10.1. The second-order valence-corrected chi connectivity index (χ2v) is 10.0. The Hall–Kier alpha value is -2.82. The van der Waals surface area contributed by atoms with Crippen LogP contribution in [0.15, 0.2) is 34.1 Å². The Morgan fingerprint density at radius 2 is 1.67 bits per heavy atom. The zero-order valence-electron chi connectivity index (χ0n) is 16.5. The molecular weight excluding hydrogens is 502 g/mol. The van der Waals surface area contributed by atoms with Crippen LogP contribution in [0, 0.1) is 0 Å². The Balaban J connectivity index is 1.87. The first kappa shape index (κ1) is 23.3. The van der Waals surface area contributed by atoms with Crippen LogP contribution >= 0.6 is 11.6 Å². The number of anilines is 3. The molecule has 1 fully saturated rings. The van der Waals surface area contributed by atoms with Crippen LogP contribution in [-0.2, 0) is 25.0 Å². The first-order chi connectivity index (χ1) is 15.4. The van der Waals surface area contributed by atoms with Crippen LogP contribution in [0.3, 0.4) is 0 Å². The molecule has 16 heteroatoms. The van der Waals surface area contributed by atoms with Crippen LogP contribution in [-0.4, -0.2) is 72.3 Å². The number of phenols is 1. The smallest absolute Gasteiger partial charge is 0.297 e. The lowest BCUT2D eigenvalue weighted by Gasteiger charge is -2.26. The molecule has 0 aliphatic carbocycles. The largest absolute Gasteiger partial charge is 0.507 e. The van der Waals surface area contributed by atoms with Gasteiger partial charge in [0, 0.05) is 29.9 Å². The number of nitrogens with zero attached hydrogens (tertiary/aromatic N) is 4. The van der Waals surface area contributed by atoms with E-state index in [4.69, 9.17) is 16.3 Å². The second-order valence-electron chi connectivity index (χ2n) is 6.88. The van der Waals surface area contributed by atoms with E-state index < -0.39 is 35.8 Å². The van der Waals surface area contributed by atoms with Crippen molar-refractivity contribution in [1.29, 1.82) is 0 Å². The molecule has 2 aromatic carbocycles. The summed E-state index contributed by atoms with van der Waals surface area (Å²) in [6, 6.07) is 4.04. The lowest BCUT2D eigenvalue weighted by molar-refractivity contribution is 0.122. The van der Waals surface area contributed by atoms with Gasteiger partial charge >= 0.3 is 0 Å². The minimum atomic E-state index is -4.98. The first-order valence-corrected chi connectivity index (χ1v) is 12.5. The monoisotopic (exact) mass is 517 g/mol. The predicted octanol–water partition coefficient (Wildman–Crippen LogP) is 1.46. The standard InChI is InChI=1S/C17H16ClN5O8S2/c18-15-20-16(22-17(21-15)23-3-5-31-6-4-23)19-12-2-1-10-11(14(12)33(28,29)30)7-9(8-13(10)24)32(25,26)27/h1-2,7-8,24H,3-6H2,(H,25,26,27)(H,28,29,30)(H,19,20,21,22). The molecule has 4 N–H and O–H groups in total. The Labute approximate surface area is 192 Å². The zero-order chi connectivity index (χ0) is 24.0. The van der Waals surface area contributed by atoms with Crippen molar-refractivity contribution in [3.63, 3.8) is 0 Å². The number of morpholine rings is 1. The Kier molecular flexibility index (Phi) is 6.02. The number of hydrogen-bond donors (Lipinski definition) is 4. The highest BCUT2D eigenvalue weighted by Crippen LogP contribution is 2.37. The molecule has 0 amide bonds. The fourth-order valence-electron chi connectivity index (χ4n) is 3.31. The highest BCUT2D eigenvalue weighted by molar-refractivity contribution is 7.86. The van der Waals surface area contributed by atoms with Gasteiger partial charge in [0.25, 0.3) is 20.2 Å². The first-order valence-electron chi connectivity index (χ1n) is 9.19. The molecule has 1 aliphatic rings. The van der Waals surface area contributed by atoms with E-state index in [1.807, 2.05) is 0 Å². The van der Waals surface area contributed by atoms with Crippen molar-refractivity contribution in [3.05, 3.63) is 29.5 Å². The minimum Gasteiger partial charge on any atom is -0.507 e. The molecule has 1 aliphatic heterocycles. The number of aromatic hydroxyl groups is 1. The predicted molar refractivity (Wildman–Crippen MR) is 116 cm³/mol. The molecule has 0 bridgehead atoms. The van der Waals surface area contributed by atoms with E-state index in [0.29, 0.717) is 26.3 Å². The van der Waals surface area contributed by atoms with E-state index in [9.17, 15) is 31.0 Å². The van der Waals surface area contributed by atoms with E-state index in [0.717, 1.165) is 12.1 Å². The number of phenolic OH excluding ortho intramolecular Hbond substituents is 1. The van der Waals surface area contributed by atoms with Crippen molar-refractivity contribution in [3.8, 4) is 5.75 Å². The Morgan fingerprint density at radius 1 is 0.970 bits per heavy atom. The molecule has 0 unspecified atom stereocenters. The van der Waals surface area contributed by atoms with E-state index in [-0.39, 0.29) is 33.6 Å². The van der Waals surface area contributed by atoms with Gasteiger partial charge < -0.3 is 20.1 Å². The number of rotatable bonds is 5. The van der Waals surface area contributed by atoms with Crippen molar-refractivity contribution >= 4 is 60.2 Å². The van der Waals surface area contributed by atoms with E-state index in [2.05, 4.69) is 20.3 Å². The summed E-state index contributed by atoms with van der Waals surface area (Å²) in [5.41, 5.74) is -0.243. The number of aromatic nitrogens is 3. The summed E-state index contributed by atoms with van der Waals surface area (Å²) in [6.07, 6.45) is 0. The van der Waals surface area contributed by atoms with E-state index in [1.54, 1.807) is 4.90 Å². The van der Waals surface area contributed by atoms with Crippen molar-refractivity contribution in [2.45, 2.75) is 9.79 Å². The Bertz CT molecular complexity index is 1460. The number of ether oxygens (including phenoxy) is 1. The van der Waals surface area contributed by atoms with Gasteiger partial charge in [-0.15, -0.1) is 0 Å². The normalized spacial score (nSPS) is 15.1. The quantitative estimate of drug-likeness (QED) is 0.356. The maximum absolute atomic E-state index is 12.2. The maximum atomic E-state index is 12.2. The fourth-order valence-corrected chi connectivity index (χ4v) is 4.84.